The molecule has 5 nitrogen and oxygen atoms in total. The van der Waals surface area contributed by atoms with Crippen LogP contribution in [-0.2, 0) is 16.0 Å². The molecule has 0 radical (unpaired) electrons. The highest BCUT2D eigenvalue weighted by atomic mass is 79.9. The Morgan fingerprint density at radius 1 is 1.59 bits per heavy atom. The van der Waals surface area contributed by atoms with Crippen LogP contribution < -0.4 is 5.43 Å². The van der Waals surface area contributed by atoms with E-state index in [1.54, 1.807) is 18.4 Å². The molecule has 0 fully saturated rings. The molecular formula is C14H13BrFN3O2S. The summed E-state index contributed by atoms with van der Waals surface area (Å²) >= 11 is 4.64. The van der Waals surface area contributed by atoms with Crippen LogP contribution in [0.4, 0.5) is 9.52 Å². The highest BCUT2D eigenvalue weighted by Crippen LogP contribution is 2.18. The van der Waals surface area contributed by atoms with Crippen molar-refractivity contribution in [2.24, 2.45) is 5.10 Å². The van der Waals surface area contributed by atoms with Crippen molar-refractivity contribution in [3.05, 3.63) is 45.1 Å². The van der Waals surface area contributed by atoms with Gasteiger partial charge >= 0.3 is 5.97 Å². The number of rotatable bonds is 6. The first-order chi connectivity index (χ1) is 10.6. The minimum Gasteiger partial charge on any atom is -0.466 e. The van der Waals surface area contributed by atoms with E-state index < -0.39 is 0 Å². The standard InChI is InChI=1S/C14H13BrFN3O2S/c1-2-21-13(20)6-11-8-22-14(18-11)19-17-7-9-5-10(16)3-4-12(9)15/h3-5,7-8H,2,6H2,1H3,(H,18,19). The Labute approximate surface area is 139 Å². The van der Waals surface area contributed by atoms with E-state index in [2.05, 4.69) is 31.4 Å². The highest BCUT2D eigenvalue weighted by Gasteiger charge is 2.07. The van der Waals surface area contributed by atoms with E-state index in [9.17, 15) is 9.18 Å². The van der Waals surface area contributed by atoms with Gasteiger partial charge in [-0.2, -0.15) is 5.10 Å². The monoisotopic (exact) mass is 385 g/mol. The highest BCUT2D eigenvalue weighted by molar-refractivity contribution is 9.10. The van der Waals surface area contributed by atoms with Gasteiger partial charge in [0.25, 0.3) is 0 Å². The number of nitrogens with zero attached hydrogens (tertiary/aromatic N) is 2. The summed E-state index contributed by atoms with van der Waals surface area (Å²) in [5.74, 6) is -0.651. The second-order valence-corrected chi connectivity index (χ2v) is 5.87. The molecule has 0 aliphatic rings. The zero-order valence-electron chi connectivity index (χ0n) is 11.7. The molecule has 1 heterocycles. The molecule has 116 valence electrons. The zero-order chi connectivity index (χ0) is 15.9. The van der Waals surface area contributed by atoms with Gasteiger partial charge in [-0.25, -0.2) is 9.37 Å². The van der Waals surface area contributed by atoms with Crippen LogP contribution in [0, 0.1) is 5.82 Å². The van der Waals surface area contributed by atoms with Crippen molar-refractivity contribution in [3.63, 3.8) is 0 Å². The fourth-order valence-corrected chi connectivity index (χ4v) is 2.58. The number of aromatic nitrogens is 1. The summed E-state index contributed by atoms with van der Waals surface area (Å²) in [7, 11) is 0. The maximum absolute atomic E-state index is 13.1. The van der Waals surface area contributed by atoms with Gasteiger partial charge in [0.15, 0.2) is 0 Å². The first kappa shape index (κ1) is 16.6. The van der Waals surface area contributed by atoms with Gasteiger partial charge in [0.1, 0.15) is 5.82 Å². The molecule has 0 bridgehead atoms. The van der Waals surface area contributed by atoms with Crippen molar-refractivity contribution in [1.29, 1.82) is 0 Å². The van der Waals surface area contributed by atoms with Crippen LogP contribution in [0.3, 0.4) is 0 Å². The average Bonchev–Trinajstić information content (AvgIpc) is 2.90. The predicted molar refractivity (Wildman–Crippen MR) is 87.8 cm³/mol. The molecule has 8 heteroatoms. The quantitative estimate of drug-likeness (QED) is 0.468. The molecule has 1 N–H and O–H groups in total. The molecule has 1 aromatic carbocycles. The number of thiazole rings is 1. The molecule has 0 aliphatic heterocycles. The van der Waals surface area contributed by atoms with E-state index in [1.165, 1.54) is 29.7 Å². The predicted octanol–water partition coefficient (Wildman–Crippen LogP) is 3.60. The normalized spacial score (nSPS) is 10.9. The molecule has 0 saturated carbocycles. The first-order valence-corrected chi connectivity index (χ1v) is 8.10. The summed E-state index contributed by atoms with van der Waals surface area (Å²) < 4.78 is 18.7. The minimum absolute atomic E-state index is 0.130. The lowest BCUT2D eigenvalue weighted by Crippen LogP contribution is -2.07. The lowest BCUT2D eigenvalue weighted by Gasteiger charge is -1.99. The third-order valence-electron chi connectivity index (χ3n) is 2.50. The second kappa shape index (κ2) is 8.00. The largest absolute Gasteiger partial charge is 0.466 e. The number of nitrogens with one attached hydrogen (secondary N) is 1. The second-order valence-electron chi connectivity index (χ2n) is 4.16. The van der Waals surface area contributed by atoms with E-state index in [0.717, 1.165) is 4.47 Å². The van der Waals surface area contributed by atoms with Crippen molar-refractivity contribution >= 4 is 44.6 Å². The summed E-state index contributed by atoms with van der Waals surface area (Å²) in [6.07, 6.45) is 1.62. The number of hydrogen-bond acceptors (Lipinski definition) is 6. The minimum atomic E-state index is -0.337. The molecule has 0 unspecified atom stereocenters. The number of hydrazone groups is 1. The Bertz CT molecular complexity index is 690. The van der Waals surface area contributed by atoms with Crippen molar-refractivity contribution in [1.82, 2.24) is 4.98 Å². The van der Waals surface area contributed by atoms with Crippen LogP contribution >= 0.6 is 27.3 Å². The van der Waals surface area contributed by atoms with Crippen molar-refractivity contribution < 1.29 is 13.9 Å². The summed E-state index contributed by atoms with van der Waals surface area (Å²) in [4.78, 5) is 15.6. The van der Waals surface area contributed by atoms with Gasteiger partial charge in [-0.3, -0.25) is 10.2 Å². The van der Waals surface area contributed by atoms with Gasteiger partial charge in [0.2, 0.25) is 5.13 Å². The van der Waals surface area contributed by atoms with Crippen LogP contribution in [0.5, 0.6) is 0 Å². The maximum atomic E-state index is 13.1. The number of halogens is 2. The zero-order valence-corrected chi connectivity index (χ0v) is 14.1. The molecule has 1 aromatic heterocycles. The molecule has 2 rings (SSSR count). The summed E-state index contributed by atoms with van der Waals surface area (Å²) in [5.41, 5.74) is 3.97. The fourth-order valence-electron chi connectivity index (χ4n) is 1.57. The van der Waals surface area contributed by atoms with E-state index >= 15 is 0 Å². The van der Waals surface area contributed by atoms with E-state index in [-0.39, 0.29) is 18.2 Å². The van der Waals surface area contributed by atoms with Crippen molar-refractivity contribution in [2.45, 2.75) is 13.3 Å². The topological polar surface area (TPSA) is 63.6 Å². The van der Waals surface area contributed by atoms with Gasteiger partial charge in [-0.05, 0) is 25.1 Å². The smallest absolute Gasteiger partial charge is 0.311 e. The lowest BCUT2D eigenvalue weighted by atomic mass is 10.2. The van der Waals surface area contributed by atoms with Crippen LogP contribution in [-0.4, -0.2) is 23.8 Å². The summed E-state index contributed by atoms with van der Waals surface area (Å²) in [6.45, 7) is 2.10. The number of carbonyl (C=O) groups excluding carboxylic acids is 1. The average molecular weight is 386 g/mol. The third kappa shape index (κ3) is 4.88. The Morgan fingerprint density at radius 2 is 2.41 bits per heavy atom. The summed E-state index contributed by atoms with van der Waals surface area (Å²) in [5, 5.41) is 6.30. The molecule has 0 amide bonds. The maximum Gasteiger partial charge on any atom is 0.311 e. The van der Waals surface area contributed by atoms with Crippen LogP contribution in [0.2, 0.25) is 0 Å². The van der Waals surface area contributed by atoms with Gasteiger partial charge in [0.05, 0.1) is 24.9 Å². The Balaban J connectivity index is 1.94. The Hall–Kier alpha value is -1.80. The molecule has 0 spiro atoms. The molecule has 0 aliphatic carbocycles. The molecular weight excluding hydrogens is 373 g/mol. The van der Waals surface area contributed by atoms with Crippen LogP contribution in [0.1, 0.15) is 18.2 Å². The SMILES string of the molecule is CCOC(=O)Cc1csc(NN=Cc2cc(F)ccc2Br)n1. The van der Waals surface area contributed by atoms with Crippen LogP contribution in [0.15, 0.2) is 33.2 Å². The van der Waals surface area contributed by atoms with Crippen molar-refractivity contribution in [3.8, 4) is 0 Å². The number of hydrogen-bond donors (Lipinski definition) is 1. The number of anilines is 1. The lowest BCUT2D eigenvalue weighted by molar-refractivity contribution is -0.142. The number of carbonyl (C=O) groups is 1. The van der Waals surface area contributed by atoms with Gasteiger partial charge in [0, 0.05) is 15.4 Å². The number of ether oxygens (including phenoxy) is 1. The van der Waals surface area contributed by atoms with Crippen LogP contribution in [0.25, 0.3) is 0 Å². The van der Waals surface area contributed by atoms with Gasteiger partial charge in [-0.1, -0.05) is 15.9 Å². The van der Waals surface area contributed by atoms with E-state index in [4.69, 9.17) is 4.74 Å². The summed E-state index contributed by atoms with van der Waals surface area (Å²) in [6, 6.07) is 4.33. The Morgan fingerprint density at radius 3 is 3.18 bits per heavy atom. The fraction of sp³-hybridized carbons (Fsp3) is 0.214. The van der Waals surface area contributed by atoms with E-state index in [1.807, 2.05) is 0 Å². The number of esters is 1. The number of benzene rings is 1. The first-order valence-electron chi connectivity index (χ1n) is 6.42. The Kier molecular flexibility index (Phi) is 6.02. The van der Waals surface area contributed by atoms with Gasteiger partial charge < -0.3 is 4.74 Å². The molecule has 2 aromatic rings. The third-order valence-corrected chi connectivity index (χ3v) is 4.02. The molecule has 0 atom stereocenters. The molecule has 0 saturated heterocycles. The van der Waals surface area contributed by atoms with Crippen molar-refractivity contribution in [2.75, 3.05) is 12.0 Å². The molecule has 22 heavy (non-hydrogen) atoms. The van der Waals surface area contributed by atoms with E-state index in [0.29, 0.717) is 23.0 Å². The van der Waals surface area contributed by atoms with Gasteiger partial charge in [-0.15, -0.1) is 11.3 Å².